The first-order valence-electron chi connectivity index (χ1n) is 7.82. The van der Waals surface area contributed by atoms with Crippen molar-refractivity contribution in [1.82, 2.24) is 0 Å². The summed E-state index contributed by atoms with van der Waals surface area (Å²) in [6.45, 7) is 9.16. The van der Waals surface area contributed by atoms with Gasteiger partial charge in [-0.1, -0.05) is 19.4 Å². The highest BCUT2D eigenvalue weighted by molar-refractivity contribution is 4.90. The SMILES string of the molecule is C=CC(C)CCCC(C)(C)O[C@@H]1O[C@H](CO)[C@@H](O)[C@H](O)[C@H]1O. The molecule has 0 aromatic rings. The Labute approximate surface area is 132 Å². The second kappa shape index (κ2) is 8.38. The van der Waals surface area contributed by atoms with E-state index in [1.54, 1.807) is 0 Å². The Morgan fingerprint density at radius 1 is 1.23 bits per heavy atom. The zero-order valence-electron chi connectivity index (χ0n) is 13.7. The van der Waals surface area contributed by atoms with Crippen LogP contribution in [0.1, 0.15) is 40.0 Å². The minimum absolute atomic E-state index is 0.433. The van der Waals surface area contributed by atoms with E-state index < -0.39 is 42.9 Å². The maximum Gasteiger partial charge on any atom is 0.187 e. The molecule has 1 aliphatic heterocycles. The summed E-state index contributed by atoms with van der Waals surface area (Å²) < 4.78 is 11.1. The molecule has 4 N–H and O–H groups in total. The van der Waals surface area contributed by atoms with Gasteiger partial charge in [0.2, 0.25) is 0 Å². The zero-order chi connectivity index (χ0) is 16.9. The van der Waals surface area contributed by atoms with E-state index in [1.807, 2.05) is 19.9 Å². The third-order valence-electron chi connectivity index (χ3n) is 4.12. The van der Waals surface area contributed by atoms with E-state index in [4.69, 9.17) is 14.6 Å². The van der Waals surface area contributed by atoms with Gasteiger partial charge >= 0.3 is 0 Å². The Bertz CT molecular complexity index is 344. The summed E-state index contributed by atoms with van der Waals surface area (Å²) in [4.78, 5) is 0. The van der Waals surface area contributed by atoms with E-state index in [9.17, 15) is 15.3 Å². The standard InChI is InChI=1S/C16H30O6/c1-5-10(2)7-6-8-16(3,4)22-15-14(20)13(19)12(18)11(9-17)21-15/h5,10-15,17-20H,1,6-9H2,2-4H3/t10?,11-,12-,13+,14-,15+/m1/s1. The smallest absolute Gasteiger partial charge is 0.187 e. The number of allylic oxidation sites excluding steroid dienone is 1. The van der Waals surface area contributed by atoms with E-state index in [-0.39, 0.29) is 0 Å². The van der Waals surface area contributed by atoms with Gasteiger partial charge in [0, 0.05) is 0 Å². The molecule has 0 spiro atoms. The normalized spacial score (nSPS) is 34.4. The van der Waals surface area contributed by atoms with Gasteiger partial charge in [0.15, 0.2) is 6.29 Å². The number of ether oxygens (including phenoxy) is 2. The van der Waals surface area contributed by atoms with Crippen molar-refractivity contribution in [2.75, 3.05) is 6.61 Å². The molecule has 1 fully saturated rings. The topological polar surface area (TPSA) is 99.4 Å². The molecule has 0 saturated carbocycles. The second-order valence-corrected chi connectivity index (χ2v) is 6.68. The van der Waals surface area contributed by atoms with Crippen molar-refractivity contribution in [3.63, 3.8) is 0 Å². The fourth-order valence-corrected chi connectivity index (χ4v) is 2.51. The summed E-state index contributed by atoms with van der Waals surface area (Å²) in [5, 5.41) is 38.7. The second-order valence-electron chi connectivity index (χ2n) is 6.68. The molecular weight excluding hydrogens is 288 g/mol. The van der Waals surface area contributed by atoms with Crippen LogP contribution in [0, 0.1) is 5.92 Å². The number of hydrogen-bond acceptors (Lipinski definition) is 6. The summed E-state index contributed by atoms with van der Waals surface area (Å²) in [5.74, 6) is 0.433. The molecule has 1 saturated heterocycles. The average Bonchev–Trinajstić information content (AvgIpc) is 2.47. The van der Waals surface area contributed by atoms with Gasteiger partial charge in [-0.15, -0.1) is 6.58 Å². The van der Waals surface area contributed by atoms with Gasteiger partial charge in [0.1, 0.15) is 24.4 Å². The number of hydrogen-bond donors (Lipinski definition) is 4. The predicted molar refractivity (Wildman–Crippen MR) is 82.1 cm³/mol. The number of rotatable bonds is 8. The third kappa shape index (κ3) is 5.30. The van der Waals surface area contributed by atoms with Gasteiger partial charge in [-0.2, -0.15) is 0 Å². The molecule has 0 amide bonds. The minimum Gasteiger partial charge on any atom is -0.394 e. The molecule has 1 rings (SSSR count). The van der Waals surface area contributed by atoms with E-state index in [0.29, 0.717) is 5.92 Å². The van der Waals surface area contributed by atoms with Crippen LogP contribution in [0.5, 0.6) is 0 Å². The Morgan fingerprint density at radius 2 is 1.86 bits per heavy atom. The Balaban J connectivity index is 2.57. The van der Waals surface area contributed by atoms with Crippen molar-refractivity contribution in [2.24, 2.45) is 5.92 Å². The first-order valence-corrected chi connectivity index (χ1v) is 7.82. The molecule has 0 aromatic heterocycles. The third-order valence-corrected chi connectivity index (χ3v) is 4.12. The maximum absolute atomic E-state index is 9.98. The molecule has 1 aliphatic rings. The molecule has 6 heteroatoms. The van der Waals surface area contributed by atoms with Gasteiger partial charge in [-0.25, -0.2) is 0 Å². The Kier molecular flexibility index (Phi) is 7.45. The van der Waals surface area contributed by atoms with Crippen LogP contribution in [-0.4, -0.2) is 63.3 Å². The van der Waals surface area contributed by atoms with E-state index in [0.717, 1.165) is 19.3 Å². The van der Waals surface area contributed by atoms with Crippen LogP contribution in [0.15, 0.2) is 12.7 Å². The number of aliphatic hydroxyl groups is 4. The van der Waals surface area contributed by atoms with Crippen LogP contribution in [0.25, 0.3) is 0 Å². The van der Waals surface area contributed by atoms with Crippen LogP contribution in [-0.2, 0) is 9.47 Å². The van der Waals surface area contributed by atoms with Crippen LogP contribution in [0.3, 0.4) is 0 Å². The quantitative estimate of drug-likeness (QED) is 0.489. The molecule has 130 valence electrons. The van der Waals surface area contributed by atoms with Crippen molar-refractivity contribution < 1.29 is 29.9 Å². The lowest BCUT2D eigenvalue weighted by atomic mass is 9.95. The highest BCUT2D eigenvalue weighted by Gasteiger charge is 2.45. The Morgan fingerprint density at radius 3 is 2.41 bits per heavy atom. The summed E-state index contributed by atoms with van der Waals surface area (Å²) in [7, 11) is 0. The first kappa shape index (κ1) is 19.5. The first-order chi connectivity index (χ1) is 10.2. The molecule has 6 atom stereocenters. The van der Waals surface area contributed by atoms with E-state index >= 15 is 0 Å². The van der Waals surface area contributed by atoms with Gasteiger partial charge in [-0.3, -0.25) is 0 Å². The van der Waals surface area contributed by atoms with E-state index in [2.05, 4.69) is 13.5 Å². The fraction of sp³-hybridized carbons (Fsp3) is 0.875. The fourth-order valence-electron chi connectivity index (χ4n) is 2.51. The van der Waals surface area contributed by atoms with Crippen molar-refractivity contribution in [3.8, 4) is 0 Å². The lowest BCUT2D eigenvalue weighted by molar-refractivity contribution is -0.323. The molecule has 0 aliphatic carbocycles. The van der Waals surface area contributed by atoms with Crippen LogP contribution in [0.2, 0.25) is 0 Å². The van der Waals surface area contributed by atoms with Crippen LogP contribution in [0.4, 0.5) is 0 Å². The average molecular weight is 318 g/mol. The predicted octanol–water partition coefficient (Wildman–Crippen LogP) is 0.574. The van der Waals surface area contributed by atoms with Crippen molar-refractivity contribution in [2.45, 2.75) is 76.3 Å². The maximum atomic E-state index is 9.98. The van der Waals surface area contributed by atoms with Gasteiger partial charge in [0.25, 0.3) is 0 Å². The van der Waals surface area contributed by atoms with Crippen LogP contribution >= 0.6 is 0 Å². The van der Waals surface area contributed by atoms with Gasteiger partial charge in [-0.05, 0) is 32.6 Å². The molecule has 0 aromatic carbocycles. The van der Waals surface area contributed by atoms with Gasteiger partial charge < -0.3 is 29.9 Å². The highest BCUT2D eigenvalue weighted by atomic mass is 16.7. The molecule has 6 nitrogen and oxygen atoms in total. The number of aliphatic hydroxyl groups excluding tert-OH is 4. The van der Waals surface area contributed by atoms with Crippen molar-refractivity contribution in [1.29, 1.82) is 0 Å². The zero-order valence-corrected chi connectivity index (χ0v) is 13.7. The summed E-state index contributed by atoms with van der Waals surface area (Å²) in [5.41, 5.74) is -0.561. The Hall–Kier alpha value is -0.500. The molecule has 22 heavy (non-hydrogen) atoms. The summed E-state index contributed by atoms with van der Waals surface area (Å²) in [6.07, 6.45) is -1.58. The minimum atomic E-state index is -1.41. The van der Waals surface area contributed by atoms with Crippen molar-refractivity contribution >= 4 is 0 Å². The monoisotopic (exact) mass is 318 g/mol. The highest BCUT2D eigenvalue weighted by Crippen LogP contribution is 2.28. The summed E-state index contributed by atoms with van der Waals surface area (Å²) in [6, 6.07) is 0. The molecule has 0 bridgehead atoms. The van der Waals surface area contributed by atoms with Crippen LogP contribution < -0.4 is 0 Å². The molecule has 1 heterocycles. The lowest BCUT2D eigenvalue weighted by Gasteiger charge is -2.42. The summed E-state index contributed by atoms with van der Waals surface area (Å²) >= 11 is 0. The van der Waals surface area contributed by atoms with Crippen molar-refractivity contribution in [3.05, 3.63) is 12.7 Å². The van der Waals surface area contributed by atoms with E-state index in [1.165, 1.54) is 0 Å². The molecule has 1 unspecified atom stereocenters. The largest absolute Gasteiger partial charge is 0.394 e. The molecule has 0 radical (unpaired) electrons. The lowest BCUT2D eigenvalue weighted by Crippen LogP contribution is -2.60. The van der Waals surface area contributed by atoms with Gasteiger partial charge in [0.05, 0.1) is 12.2 Å². The molecular formula is C16H30O6.